The van der Waals surface area contributed by atoms with Gasteiger partial charge in [-0.05, 0) is 36.2 Å². The Morgan fingerprint density at radius 3 is 2.76 bits per heavy atom. The number of rotatable bonds is 5. The third-order valence-electron chi connectivity index (χ3n) is 2.20. The molecule has 2 aromatic rings. The molecule has 0 bridgehead atoms. The minimum Gasteiger partial charge on any atom is -0.441 e. The SMILES string of the molecule is CC(C)CNCc1ncc(-c2ccc(Cl)o2)o1. The summed E-state index contributed by atoms with van der Waals surface area (Å²) in [6.07, 6.45) is 1.64. The number of halogens is 1. The lowest BCUT2D eigenvalue weighted by Gasteiger charge is -2.03. The predicted molar refractivity (Wildman–Crippen MR) is 65.8 cm³/mol. The number of nitrogens with zero attached hydrogens (tertiary/aromatic N) is 1. The molecular formula is C12H15ClN2O2. The van der Waals surface area contributed by atoms with Gasteiger partial charge in [-0.25, -0.2) is 4.98 Å². The van der Waals surface area contributed by atoms with Crippen LogP contribution in [0.1, 0.15) is 19.7 Å². The number of nitrogens with one attached hydrogen (secondary N) is 1. The molecule has 0 aliphatic carbocycles. The standard InChI is InChI=1S/C12H15ClN2O2/c1-8(2)5-14-7-12-15-6-10(17-12)9-3-4-11(13)16-9/h3-4,6,8,14H,5,7H2,1-2H3. The number of hydrogen-bond acceptors (Lipinski definition) is 4. The molecular weight excluding hydrogens is 240 g/mol. The Bertz CT molecular complexity index is 476. The molecule has 0 saturated carbocycles. The van der Waals surface area contributed by atoms with E-state index in [2.05, 4.69) is 24.1 Å². The summed E-state index contributed by atoms with van der Waals surface area (Å²) in [5, 5.41) is 3.60. The zero-order valence-corrected chi connectivity index (χ0v) is 10.6. The van der Waals surface area contributed by atoms with Crippen LogP contribution in [0.3, 0.4) is 0 Å². The molecule has 5 heteroatoms. The molecule has 0 aromatic carbocycles. The van der Waals surface area contributed by atoms with Gasteiger partial charge in [0, 0.05) is 0 Å². The largest absolute Gasteiger partial charge is 0.441 e. The number of hydrogen-bond donors (Lipinski definition) is 1. The van der Waals surface area contributed by atoms with E-state index in [1.165, 1.54) is 0 Å². The van der Waals surface area contributed by atoms with Gasteiger partial charge in [0.15, 0.2) is 16.7 Å². The third-order valence-corrected chi connectivity index (χ3v) is 2.40. The maximum Gasteiger partial charge on any atom is 0.209 e. The molecule has 92 valence electrons. The molecule has 1 N–H and O–H groups in total. The molecule has 0 spiro atoms. The fourth-order valence-electron chi connectivity index (χ4n) is 1.42. The van der Waals surface area contributed by atoms with E-state index in [1.807, 2.05) is 0 Å². The van der Waals surface area contributed by atoms with Gasteiger partial charge in [0.05, 0.1) is 12.7 Å². The molecule has 0 aliphatic rings. The van der Waals surface area contributed by atoms with E-state index in [0.717, 1.165) is 6.54 Å². The minimum absolute atomic E-state index is 0.343. The highest BCUT2D eigenvalue weighted by molar-refractivity contribution is 6.28. The van der Waals surface area contributed by atoms with Gasteiger partial charge in [-0.1, -0.05) is 13.8 Å². The summed E-state index contributed by atoms with van der Waals surface area (Å²) in [6, 6.07) is 3.43. The lowest BCUT2D eigenvalue weighted by Crippen LogP contribution is -2.18. The highest BCUT2D eigenvalue weighted by Gasteiger charge is 2.09. The van der Waals surface area contributed by atoms with Gasteiger partial charge in [-0.15, -0.1) is 0 Å². The first-order valence-corrected chi connectivity index (χ1v) is 5.94. The van der Waals surface area contributed by atoms with Crippen LogP contribution in [0.2, 0.25) is 5.22 Å². The van der Waals surface area contributed by atoms with Crippen LogP contribution in [0.5, 0.6) is 0 Å². The van der Waals surface area contributed by atoms with Crippen molar-refractivity contribution in [2.45, 2.75) is 20.4 Å². The van der Waals surface area contributed by atoms with Crippen LogP contribution >= 0.6 is 11.6 Å². The lowest BCUT2D eigenvalue weighted by molar-refractivity contribution is 0.448. The van der Waals surface area contributed by atoms with Crippen molar-refractivity contribution in [1.29, 1.82) is 0 Å². The average molecular weight is 255 g/mol. The molecule has 2 rings (SSSR count). The molecule has 0 amide bonds. The van der Waals surface area contributed by atoms with Crippen molar-refractivity contribution in [2.75, 3.05) is 6.54 Å². The molecule has 4 nitrogen and oxygen atoms in total. The Morgan fingerprint density at radius 1 is 1.29 bits per heavy atom. The van der Waals surface area contributed by atoms with Crippen molar-refractivity contribution in [3.05, 3.63) is 29.4 Å². The predicted octanol–water partition coefficient (Wildman–Crippen LogP) is 3.33. The van der Waals surface area contributed by atoms with E-state index in [0.29, 0.717) is 35.1 Å². The minimum atomic E-state index is 0.343. The molecule has 0 saturated heterocycles. The smallest absolute Gasteiger partial charge is 0.209 e. The Hall–Kier alpha value is -1.26. The van der Waals surface area contributed by atoms with Crippen LogP contribution in [-0.2, 0) is 6.54 Å². The Kier molecular flexibility index (Phi) is 3.86. The van der Waals surface area contributed by atoms with E-state index in [1.54, 1.807) is 18.3 Å². The summed E-state index contributed by atoms with van der Waals surface area (Å²) >= 11 is 5.69. The summed E-state index contributed by atoms with van der Waals surface area (Å²) in [7, 11) is 0. The van der Waals surface area contributed by atoms with Gasteiger partial charge >= 0.3 is 0 Å². The van der Waals surface area contributed by atoms with Gasteiger partial charge in [-0.3, -0.25) is 0 Å². The van der Waals surface area contributed by atoms with Crippen molar-refractivity contribution in [2.24, 2.45) is 5.92 Å². The van der Waals surface area contributed by atoms with Gasteiger partial charge < -0.3 is 14.2 Å². The zero-order chi connectivity index (χ0) is 12.3. The monoisotopic (exact) mass is 254 g/mol. The molecule has 0 atom stereocenters. The summed E-state index contributed by atoms with van der Waals surface area (Å²) in [4.78, 5) is 4.17. The number of aromatic nitrogens is 1. The molecule has 0 radical (unpaired) electrons. The third kappa shape index (κ3) is 3.35. The summed E-state index contributed by atoms with van der Waals surface area (Å²) < 4.78 is 10.8. The molecule has 2 heterocycles. The van der Waals surface area contributed by atoms with Crippen LogP contribution in [0.25, 0.3) is 11.5 Å². The van der Waals surface area contributed by atoms with E-state index in [-0.39, 0.29) is 0 Å². The van der Waals surface area contributed by atoms with Crippen molar-refractivity contribution in [3.8, 4) is 11.5 Å². The molecule has 0 aliphatic heterocycles. The van der Waals surface area contributed by atoms with Gasteiger partial charge in [0.25, 0.3) is 0 Å². The Labute approximate surface area is 105 Å². The fraction of sp³-hybridized carbons (Fsp3) is 0.417. The van der Waals surface area contributed by atoms with Crippen molar-refractivity contribution in [3.63, 3.8) is 0 Å². The maximum absolute atomic E-state index is 5.69. The molecule has 17 heavy (non-hydrogen) atoms. The highest BCUT2D eigenvalue weighted by atomic mass is 35.5. The number of furan rings is 1. The van der Waals surface area contributed by atoms with Crippen molar-refractivity contribution in [1.82, 2.24) is 10.3 Å². The van der Waals surface area contributed by atoms with Gasteiger partial charge in [-0.2, -0.15) is 0 Å². The first-order valence-electron chi connectivity index (χ1n) is 5.56. The normalized spacial score (nSPS) is 11.3. The number of oxazole rings is 1. The second-order valence-corrected chi connectivity index (χ2v) is 4.62. The lowest BCUT2D eigenvalue weighted by atomic mass is 10.2. The first kappa shape index (κ1) is 12.2. The van der Waals surface area contributed by atoms with Crippen LogP contribution in [-0.4, -0.2) is 11.5 Å². The first-order chi connectivity index (χ1) is 8.15. The van der Waals surface area contributed by atoms with Crippen molar-refractivity contribution >= 4 is 11.6 Å². The van der Waals surface area contributed by atoms with Crippen LogP contribution in [0, 0.1) is 5.92 Å². The van der Waals surface area contributed by atoms with E-state index in [4.69, 9.17) is 20.4 Å². The molecule has 0 fully saturated rings. The van der Waals surface area contributed by atoms with Gasteiger partial charge in [0.2, 0.25) is 5.89 Å². The summed E-state index contributed by atoms with van der Waals surface area (Å²) in [6.45, 7) is 5.86. The Morgan fingerprint density at radius 2 is 2.12 bits per heavy atom. The average Bonchev–Trinajstić information content (AvgIpc) is 2.86. The second-order valence-electron chi connectivity index (χ2n) is 4.25. The van der Waals surface area contributed by atoms with E-state index in [9.17, 15) is 0 Å². The van der Waals surface area contributed by atoms with Crippen molar-refractivity contribution < 1.29 is 8.83 Å². The van der Waals surface area contributed by atoms with Gasteiger partial charge in [0.1, 0.15) is 0 Å². The summed E-state index contributed by atoms with van der Waals surface area (Å²) in [5.74, 6) is 2.44. The molecule has 2 aromatic heterocycles. The zero-order valence-electron chi connectivity index (χ0n) is 9.87. The highest BCUT2D eigenvalue weighted by Crippen LogP contribution is 2.25. The second kappa shape index (κ2) is 5.38. The summed E-state index contributed by atoms with van der Waals surface area (Å²) in [5.41, 5.74) is 0. The van der Waals surface area contributed by atoms with E-state index >= 15 is 0 Å². The quantitative estimate of drug-likeness (QED) is 0.889. The molecule has 0 unspecified atom stereocenters. The van der Waals surface area contributed by atoms with Crippen LogP contribution in [0.15, 0.2) is 27.2 Å². The van der Waals surface area contributed by atoms with Crippen LogP contribution in [0.4, 0.5) is 0 Å². The Balaban J connectivity index is 1.96. The maximum atomic E-state index is 5.69. The fourth-order valence-corrected chi connectivity index (χ4v) is 1.57. The van der Waals surface area contributed by atoms with E-state index < -0.39 is 0 Å². The topological polar surface area (TPSA) is 51.2 Å². The van der Waals surface area contributed by atoms with Crippen LogP contribution < -0.4 is 5.32 Å².